The molecule has 5 nitrogen and oxygen atoms in total. The lowest BCUT2D eigenvalue weighted by Crippen LogP contribution is -2.38. The molecule has 3 rings (SSSR count). The minimum atomic E-state index is 0.0773. The zero-order chi connectivity index (χ0) is 12.5. The molecule has 2 N–H and O–H groups in total. The number of rotatable bonds is 4. The Morgan fingerprint density at radius 3 is 2.83 bits per heavy atom. The summed E-state index contributed by atoms with van der Waals surface area (Å²) >= 11 is 0. The van der Waals surface area contributed by atoms with E-state index in [-0.39, 0.29) is 12.6 Å². The van der Waals surface area contributed by atoms with Crippen molar-refractivity contribution in [2.24, 2.45) is 5.92 Å². The van der Waals surface area contributed by atoms with Gasteiger partial charge >= 0.3 is 0 Å². The van der Waals surface area contributed by atoms with Crippen molar-refractivity contribution in [1.29, 1.82) is 0 Å². The fourth-order valence-electron chi connectivity index (χ4n) is 3.47. The second kappa shape index (κ2) is 4.97. The fourth-order valence-corrected chi connectivity index (χ4v) is 3.47. The Morgan fingerprint density at radius 2 is 2.17 bits per heavy atom. The van der Waals surface area contributed by atoms with E-state index in [0.717, 1.165) is 30.2 Å². The van der Waals surface area contributed by atoms with Crippen LogP contribution in [0.25, 0.3) is 0 Å². The molecule has 3 unspecified atom stereocenters. The summed E-state index contributed by atoms with van der Waals surface area (Å²) < 4.78 is 2.02. The van der Waals surface area contributed by atoms with E-state index in [1.54, 1.807) is 6.33 Å². The molecule has 2 aliphatic heterocycles. The second-order valence-electron chi connectivity index (χ2n) is 5.87. The zero-order valence-corrected chi connectivity index (χ0v) is 10.9. The summed E-state index contributed by atoms with van der Waals surface area (Å²) in [6.07, 6.45) is 7.93. The highest BCUT2D eigenvalue weighted by atomic mass is 16.3. The average Bonchev–Trinajstić information content (AvgIpc) is 2.95. The third-order valence-corrected chi connectivity index (χ3v) is 4.43. The van der Waals surface area contributed by atoms with Crippen LogP contribution in [0.2, 0.25) is 0 Å². The topological polar surface area (TPSA) is 63.0 Å². The van der Waals surface area contributed by atoms with Crippen LogP contribution in [-0.2, 0) is 6.42 Å². The maximum atomic E-state index is 9.24. The van der Waals surface area contributed by atoms with Crippen LogP contribution in [0, 0.1) is 5.92 Å². The first-order chi connectivity index (χ1) is 8.76. The molecule has 0 saturated carbocycles. The molecule has 0 amide bonds. The Morgan fingerprint density at radius 1 is 1.44 bits per heavy atom. The highest BCUT2D eigenvalue weighted by Gasteiger charge is 2.34. The molecule has 2 fully saturated rings. The van der Waals surface area contributed by atoms with Gasteiger partial charge in [0, 0.05) is 18.5 Å². The first kappa shape index (κ1) is 12.1. The molecule has 100 valence electrons. The van der Waals surface area contributed by atoms with Gasteiger partial charge in [-0.15, -0.1) is 10.2 Å². The lowest BCUT2D eigenvalue weighted by atomic mass is 9.89. The van der Waals surface area contributed by atoms with Gasteiger partial charge in [-0.2, -0.15) is 0 Å². The summed E-state index contributed by atoms with van der Waals surface area (Å²) in [6, 6.07) is 1.52. The van der Waals surface area contributed by atoms with Crippen LogP contribution in [0.5, 0.6) is 0 Å². The van der Waals surface area contributed by atoms with E-state index in [1.807, 2.05) is 11.5 Å². The maximum Gasteiger partial charge on any atom is 0.133 e. The summed E-state index contributed by atoms with van der Waals surface area (Å²) in [6.45, 7) is 2.14. The van der Waals surface area contributed by atoms with Gasteiger partial charge in [0.2, 0.25) is 0 Å². The van der Waals surface area contributed by atoms with E-state index < -0.39 is 0 Å². The van der Waals surface area contributed by atoms with Crippen molar-refractivity contribution in [1.82, 2.24) is 20.1 Å². The van der Waals surface area contributed by atoms with Gasteiger partial charge in [0.25, 0.3) is 0 Å². The molecule has 1 aromatic rings. The van der Waals surface area contributed by atoms with Crippen LogP contribution in [0.1, 0.15) is 44.5 Å². The Bertz CT molecular complexity index is 393. The van der Waals surface area contributed by atoms with Crippen LogP contribution in [-0.4, -0.2) is 38.6 Å². The lowest BCUT2D eigenvalue weighted by Gasteiger charge is -2.29. The number of nitrogens with zero attached hydrogens (tertiary/aromatic N) is 3. The summed E-state index contributed by atoms with van der Waals surface area (Å²) in [5.74, 6) is 1.75. The van der Waals surface area contributed by atoms with Crippen molar-refractivity contribution in [3.05, 3.63) is 12.2 Å². The van der Waals surface area contributed by atoms with Crippen LogP contribution >= 0.6 is 0 Å². The van der Waals surface area contributed by atoms with Gasteiger partial charge in [-0.3, -0.25) is 0 Å². The normalized spacial score (nSPS) is 32.7. The van der Waals surface area contributed by atoms with E-state index in [4.69, 9.17) is 0 Å². The summed E-state index contributed by atoms with van der Waals surface area (Å²) in [5, 5.41) is 21.1. The third kappa shape index (κ3) is 2.29. The molecule has 0 spiro atoms. The number of aromatic nitrogens is 3. The third-order valence-electron chi connectivity index (χ3n) is 4.43. The summed E-state index contributed by atoms with van der Waals surface area (Å²) in [5.41, 5.74) is 0. The van der Waals surface area contributed by atoms with Crippen LogP contribution < -0.4 is 5.32 Å². The van der Waals surface area contributed by atoms with E-state index in [0.29, 0.717) is 0 Å². The van der Waals surface area contributed by atoms with Crippen molar-refractivity contribution in [2.75, 3.05) is 6.61 Å². The molecule has 0 aromatic carbocycles. The number of fused-ring (bicyclic) bond motifs is 2. The first-order valence-corrected chi connectivity index (χ1v) is 7.01. The summed E-state index contributed by atoms with van der Waals surface area (Å²) in [4.78, 5) is 0. The Balaban J connectivity index is 1.67. The number of nitrogens with one attached hydrogen (secondary N) is 1. The molecular weight excluding hydrogens is 228 g/mol. The van der Waals surface area contributed by atoms with Gasteiger partial charge in [0.1, 0.15) is 12.2 Å². The molecule has 0 aliphatic carbocycles. The van der Waals surface area contributed by atoms with Gasteiger partial charge in [0.15, 0.2) is 0 Å². The molecule has 0 radical (unpaired) electrons. The predicted octanol–water partition coefficient (Wildman–Crippen LogP) is 0.904. The van der Waals surface area contributed by atoms with Crippen molar-refractivity contribution in [2.45, 2.75) is 57.2 Å². The number of hydrogen-bond acceptors (Lipinski definition) is 4. The molecule has 2 bridgehead atoms. The number of aliphatic hydroxyl groups is 1. The molecule has 3 atom stereocenters. The average molecular weight is 250 g/mol. The molecule has 2 saturated heterocycles. The van der Waals surface area contributed by atoms with Crippen molar-refractivity contribution in [3.8, 4) is 0 Å². The lowest BCUT2D eigenvalue weighted by molar-refractivity contribution is 0.232. The van der Waals surface area contributed by atoms with Crippen LogP contribution in [0.15, 0.2) is 6.33 Å². The Kier molecular flexibility index (Phi) is 3.35. The largest absolute Gasteiger partial charge is 0.394 e. The SMILES string of the molecule is CC(CO)n1cnnc1CC1CC2CCC(C1)N2. The van der Waals surface area contributed by atoms with Crippen LogP contribution in [0.4, 0.5) is 0 Å². The zero-order valence-electron chi connectivity index (χ0n) is 10.9. The van der Waals surface area contributed by atoms with Crippen molar-refractivity contribution < 1.29 is 5.11 Å². The fraction of sp³-hybridized carbons (Fsp3) is 0.846. The van der Waals surface area contributed by atoms with Gasteiger partial charge in [-0.05, 0) is 38.5 Å². The Labute approximate surface area is 108 Å². The van der Waals surface area contributed by atoms with E-state index in [9.17, 15) is 5.11 Å². The van der Waals surface area contributed by atoms with Gasteiger partial charge in [-0.25, -0.2) is 0 Å². The first-order valence-electron chi connectivity index (χ1n) is 7.01. The van der Waals surface area contributed by atoms with Crippen molar-refractivity contribution >= 4 is 0 Å². The monoisotopic (exact) mass is 250 g/mol. The molecular formula is C13H22N4O. The predicted molar refractivity (Wildman–Crippen MR) is 68.2 cm³/mol. The molecule has 5 heteroatoms. The highest BCUT2D eigenvalue weighted by Crippen LogP contribution is 2.32. The second-order valence-corrected chi connectivity index (χ2v) is 5.87. The highest BCUT2D eigenvalue weighted by molar-refractivity contribution is 4.97. The maximum absolute atomic E-state index is 9.24. The Hall–Kier alpha value is -0.940. The number of piperidine rings is 1. The minimum Gasteiger partial charge on any atom is -0.394 e. The summed E-state index contributed by atoms with van der Waals surface area (Å²) in [7, 11) is 0. The van der Waals surface area contributed by atoms with Crippen LogP contribution in [0.3, 0.4) is 0 Å². The number of aliphatic hydroxyl groups excluding tert-OH is 1. The van der Waals surface area contributed by atoms with E-state index >= 15 is 0 Å². The molecule has 1 aromatic heterocycles. The molecule has 18 heavy (non-hydrogen) atoms. The molecule has 2 aliphatic rings. The van der Waals surface area contributed by atoms with Gasteiger partial charge in [-0.1, -0.05) is 0 Å². The quantitative estimate of drug-likeness (QED) is 0.833. The smallest absolute Gasteiger partial charge is 0.133 e. The van der Waals surface area contributed by atoms with Gasteiger partial charge in [0.05, 0.1) is 12.6 Å². The van der Waals surface area contributed by atoms with E-state index in [1.165, 1.54) is 25.7 Å². The van der Waals surface area contributed by atoms with Crippen molar-refractivity contribution in [3.63, 3.8) is 0 Å². The standard InChI is InChI=1S/C13H22N4O/c1-9(7-18)17-8-14-16-13(17)6-10-4-11-2-3-12(5-10)15-11/h8-12,15,18H,2-7H2,1H3. The van der Waals surface area contributed by atoms with E-state index in [2.05, 4.69) is 15.5 Å². The van der Waals surface area contributed by atoms with Gasteiger partial charge < -0.3 is 15.0 Å². The molecule has 3 heterocycles. The minimum absolute atomic E-state index is 0.0773. The number of hydrogen-bond donors (Lipinski definition) is 2.